The number of aryl methyl sites for hydroxylation is 1. The topological polar surface area (TPSA) is 73.1 Å². The normalized spacial score (nSPS) is 13.4. The number of hydrogen-bond acceptors (Lipinski definition) is 5. The van der Waals surface area contributed by atoms with Gasteiger partial charge in [0.25, 0.3) is 0 Å². The molecule has 0 radical (unpaired) electrons. The van der Waals surface area contributed by atoms with Crippen LogP contribution in [-0.4, -0.2) is 18.6 Å². The van der Waals surface area contributed by atoms with Gasteiger partial charge in [0.2, 0.25) is 5.89 Å². The SMILES string of the molecule is Cc1noc(CS(=O)(=O)[C@@H](C)c2ccc(F)cc2)n1. The van der Waals surface area contributed by atoms with Crippen LogP contribution in [0.2, 0.25) is 0 Å². The van der Waals surface area contributed by atoms with E-state index in [-0.39, 0.29) is 11.6 Å². The average molecular weight is 284 g/mol. The lowest BCUT2D eigenvalue weighted by molar-refractivity contribution is 0.384. The van der Waals surface area contributed by atoms with Crippen LogP contribution in [0.4, 0.5) is 4.39 Å². The van der Waals surface area contributed by atoms with E-state index in [0.717, 1.165) is 0 Å². The van der Waals surface area contributed by atoms with Gasteiger partial charge in [0.1, 0.15) is 11.6 Å². The number of halogens is 1. The fourth-order valence-corrected chi connectivity index (χ4v) is 2.92. The Morgan fingerprint density at radius 2 is 1.95 bits per heavy atom. The second-order valence-corrected chi connectivity index (χ2v) is 6.56. The summed E-state index contributed by atoms with van der Waals surface area (Å²) in [7, 11) is -3.48. The first-order valence-corrected chi connectivity index (χ1v) is 7.36. The minimum absolute atomic E-state index is 0.0615. The summed E-state index contributed by atoms with van der Waals surface area (Å²) in [6.07, 6.45) is 0. The second kappa shape index (κ2) is 5.08. The van der Waals surface area contributed by atoms with Gasteiger partial charge in [-0.2, -0.15) is 4.98 Å². The van der Waals surface area contributed by atoms with Crippen molar-refractivity contribution < 1.29 is 17.3 Å². The Hall–Kier alpha value is -1.76. The summed E-state index contributed by atoms with van der Waals surface area (Å²) in [4.78, 5) is 3.87. The van der Waals surface area contributed by atoms with Crippen molar-refractivity contribution in [2.24, 2.45) is 0 Å². The number of rotatable bonds is 4. The standard InChI is InChI=1S/C12H13FN2O3S/c1-8(10-3-5-11(13)6-4-10)19(16,17)7-12-14-9(2)15-18-12/h3-6,8H,7H2,1-2H3/t8-/m0/s1. The van der Waals surface area contributed by atoms with Crippen LogP contribution in [0.15, 0.2) is 28.8 Å². The number of sulfone groups is 1. The van der Waals surface area contributed by atoms with Gasteiger partial charge in [0, 0.05) is 0 Å². The van der Waals surface area contributed by atoms with E-state index in [4.69, 9.17) is 4.52 Å². The Balaban J connectivity index is 2.21. The fraction of sp³-hybridized carbons (Fsp3) is 0.333. The Kier molecular flexibility index (Phi) is 3.66. The van der Waals surface area contributed by atoms with Gasteiger partial charge in [0.15, 0.2) is 15.7 Å². The molecular weight excluding hydrogens is 271 g/mol. The smallest absolute Gasteiger partial charge is 0.241 e. The highest BCUT2D eigenvalue weighted by molar-refractivity contribution is 7.90. The van der Waals surface area contributed by atoms with Crippen LogP contribution in [0.3, 0.4) is 0 Å². The average Bonchev–Trinajstić information content (AvgIpc) is 2.74. The summed E-state index contributed by atoms with van der Waals surface area (Å²) in [6, 6.07) is 5.38. The van der Waals surface area contributed by atoms with Crippen LogP contribution in [0, 0.1) is 12.7 Å². The van der Waals surface area contributed by atoms with Crippen molar-refractivity contribution in [1.82, 2.24) is 10.1 Å². The van der Waals surface area contributed by atoms with Gasteiger partial charge in [-0.3, -0.25) is 0 Å². The molecule has 1 heterocycles. The van der Waals surface area contributed by atoms with E-state index in [1.165, 1.54) is 24.3 Å². The zero-order chi connectivity index (χ0) is 14.0. The molecule has 2 rings (SSSR count). The van der Waals surface area contributed by atoms with E-state index in [9.17, 15) is 12.8 Å². The molecule has 0 saturated carbocycles. The van der Waals surface area contributed by atoms with Crippen molar-refractivity contribution in [3.05, 3.63) is 47.4 Å². The number of nitrogens with zero attached hydrogens (tertiary/aromatic N) is 2. The molecule has 5 nitrogen and oxygen atoms in total. The number of benzene rings is 1. The van der Waals surface area contributed by atoms with Gasteiger partial charge in [-0.25, -0.2) is 12.8 Å². The first-order valence-electron chi connectivity index (χ1n) is 5.65. The number of aromatic nitrogens is 2. The molecule has 0 spiro atoms. The molecule has 1 aromatic heterocycles. The molecule has 19 heavy (non-hydrogen) atoms. The molecule has 1 atom stereocenters. The fourth-order valence-electron chi connectivity index (χ4n) is 1.64. The van der Waals surface area contributed by atoms with Gasteiger partial charge in [-0.05, 0) is 31.5 Å². The van der Waals surface area contributed by atoms with Crippen molar-refractivity contribution in [1.29, 1.82) is 0 Å². The van der Waals surface area contributed by atoms with Crippen molar-refractivity contribution in [3.8, 4) is 0 Å². The Labute approximate surface area is 110 Å². The van der Waals surface area contributed by atoms with Crippen LogP contribution < -0.4 is 0 Å². The van der Waals surface area contributed by atoms with E-state index < -0.39 is 20.9 Å². The summed E-state index contributed by atoms with van der Waals surface area (Å²) in [5.74, 6) is -0.279. The molecular formula is C12H13FN2O3S. The van der Waals surface area contributed by atoms with Gasteiger partial charge in [-0.1, -0.05) is 17.3 Å². The Morgan fingerprint density at radius 3 is 2.47 bits per heavy atom. The quantitative estimate of drug-likeness (QED) is 0.860. The Morgan fingerprint density at radius 1 is 1.32 bits per heavy atom. The molecule has 0 aliphatic rings. The third-order valence-corrected chi connectivity index (χ3v) is 4.77. The third kappa shape index (κ3) is 3.17. The molecule has 0 amide bonds. The van der Waals surface area contributed by atoms with Crippen LogP contribution in [-0.2, 0) is 15.6 Å². The zero-order valence-corrected chi connectivity index (χ0v) is 11.3. The third-order valence-electron chi connectivity index (χ3n) is 2.77. The first kappa shape index (κ1) is 13.7. The summed E-state index contributed by atoms with van der Waals surface area (Å²) in [6.45, 7) is 3.16. The second-order valence-electron chi connectivity index (χ2n) is 4.24. The van der Waals surface area contributed by atoms with Crippen LogP contribution in [0.25, 0.3) is 0 Å². The van der Waals surface area contributed by atoms with Crippen LogP contribution in [0.1, 0.15) is 29.5 Å². The largest absolute Gasteiger partial charge is 0.338 e. The van der Waals surface area contributed by atoms with Crippen molar-refractivity contribution in [3.63, 3.8) is 0 Å². The summed E-state index contributed by atoms with van der Waals surface area (Å²) in [5, 5.41) is 2.78. The minimum Gasteiger partial charge on any atom is -0.338 e. The maximum atomic E-state index is 12.8. The van der Waals surface area contributed by atoms with Crippen LogP contribution in [0.5, 0.6) is 0 Å². The highest BCUT2D eigenvalue weighted by atomic mass is 32.2. The van der Waals surface area contributed by atoms with Gasteiger partial charge in [-0.15, -0.1) is 0 Å². The molecule has 0 fully saturated rings. The lowest BCUT2D eigenvalue weighted by atomic mass is 10.2. The predicted octanol–water partition coefficient (Wildman–Crippen LogP) is 2.19. The van der Waals surface area contributed by atoms with Gasteiger partial charge < -0.3 is 4.52 Å². The van der Waals surface area contributed by atoms with Crippen molar-refractivity contribution in [2.45, 2.75) is 24.9 Å². The molecule has 0 saturated heterocycles. The van der Waals surface area contributed by atoms with E-state index in [1.54, 1.807) is 13.8 Å². The van der Waals surface area contributed by atoms with Crippen LogP contribution >= 0.6 is 0 Å². The summed E-state index contributed by atoms with van der Waals surface area (Å²) < 4.78 is 42.0. The molecule has 7 heteroatoms. The lowest BCUT2D eigenvalue weighted by Gasteiger charge is -2.11. The van der Waals surface area contributed by atoms with E-state index in [1.807, 2.05) is 0 Å². The molecule has 0 unspecified atom stereocenters. The molecule has 0 aliphatic carbocycles. The highest BCUT2D eigenvalue weighted by Gasteiger charge is 2.25. The van der Waals surface area contributed by atoms with Crippen molar-refractivity contribution in [2.75, 3.05) is 0 Å². The van der Waals surface area contributed by atoms with E-state index in [0.29, 0.717) is 11.4 Å². The van der Waals surface area contributed by atoms with Crippen molar-refractivity contribution >= 4 is 9.84 Å². The highest BCUT2D eigenvalue weighted by Crippen LogP contribution is 2.24. The predicted molar refractivity (Wildman–Crippen MR) is 66.5 cm³/mol. The first-order chi connectivity index (χ1) is 8.88. The maximum absolute atomic E-state index is 12.8. The summed E-state index contributed by atoms with van der Waals surface area (Å²) >= 11 is 0. The Bertz CT molecular complexity index is 665. The molecule has 102 valence electrons. The molecule has 0 N–H and O–H groups in total. The zero-order valence-electron chi connectivity index (χ0n) is 10.5. The molecule has 2 aromatic rings. The summed E-state index contributed by atoms with van der Waals surface area (Å²) in [5.41, 5.74) is 0.526. The number of hydrogen-bond donors (Lipinski definition) is 0. The molecule has 0 aliphatic heterocycles. The minimum atomic E-state index is -3.48. The van der Waals surface area contributed by atoms with E-state index >= 15 is 0 Å². The maximum Gasteiger partial charge on any atom is 0.241 e. The molecule has 0 bridgehead atoms. The van der Waals surface area contributed by atoms with Gasteiger partial charge in [0.05, 0.1) is 5.25 Å². The van der Waals surface area contributed by atoms with Gasteiger partial charge >= 0.3 is 0 Å². The monoisotopic (exact) mass is 284 g/mol. The van der Waals surface area contributed by atoms with E-state index in [2.05, 4.69) is 10.1 Å². The lowest BCUT2D eigenvalue weighted by Crippen LogP contribution is -2.13. The molecule has 1 aromatic carbocycles.